The summed E-state index contributed by atoms with van der Waals surface area (Å²) in [4.78, 5) is 0. The largest absolute Gasteiger partial charge is 0.504 e. The normalized spacial score (nSPS) is 14.1. The summed E-state index contributed by atoms with van der Waals surface area (Å²) >= 11 is 0. The van der Waals surface area contributed by atoms with Gasteiger partial charge in [0, 0.05) is 0 Å². The Morgan fingerprint density at radius 3 is 2.17 bits per heavy atom. The molecule has 0 radical (unpaired) electrons. The van der Waals surface area contributed by atoms with E-state index in [0.29, 0.717) is 28.7 Å². The second-order valence-corrected chi connectivity index (χ2v) is 5.38. The SMILES string of the molecule is COc1cc(CCc2cc(O)c3c(c2)OCO3)cc2c1OCO2. The number of benzene rings is 2. The van der Waals surface area contributed by atoms with Crippen molar-refractivity contribution in [2.24, 2.45) is 0 Å². The lowest BCUT2D eigenvalue weighted by Crippen LogP contribution is -1.94. The highest BCUT2D eigenvalue weighted by molar-refractivity contribution is 5.56. The number of aromatic hydroxyl groups is 1. The Morgan fingerprint density at radius 1 is 0.870 bits per heavy atom. The maximum atomic E-state index is 9.96. The van der Waals surface area contributed by atoms with E-state index >= 15 is 0 Å². The van der Waals surface area contributed by atoms with Crippen LogP contribution in [0.25, 0.3) is 0 Å². The van der Waals surface area contributed by atoms with E-state index in [2.05, 4.69) is 0 Å². The molecule has 0 saturated heterocycles. The van der Waals surface area contributed by atoms with E-state index in [-0.39, 0.29) is 19.3 Å². The fourth-order valence-corrected chi connectivity index (χ4v) is 2.81. The molecular formula is C17H16O6. The summed E-state index contributed by atoms with van der Waals surface area (Å²) in [5.41, 5.74) is 2.05. The lowest BCUT2D eigenvalue weighted by molar-refractivity contribution is 0.171. The van der Waals surface area contributed by atoms with E-state index in [9.17, 15) is 5.11 Å². The Labute approximate surface area is 133 Å². The van der Waals surface area contributed by atoms with Gasteiger partial charge in [0.05, 0.1) is 7.11 Å². The van der Waals surface area contributed by atoms with Crippen LogP contribution in [0, 0.1) is 0 Å². The van der Waals surface area contributed by atoms with Crippen LogP contribution in [0.5, 0.6) is 34.5 Å². The Morgan fingerprint density at radius 2 is 1.48 bits per heavy atom. The van der Waals surface area contributed by atoms with Gasteiger partial charge < -0.3 is 28.8 Å². The number of methoxy groups -OCH3 is 1. The minimum atomic E-state index is 0.110. The molecule has 23 heavy (non-hydrogen) atoms. The lowest BCUT2D eigenvalue weighted by atomic mass is 10.0. The molecule has 0 unspecified atom stereocenters. The smallest absolute Gasteiger partial charge is 0.231 e. The molecule has 120 valence electrons. The van der Waals surface area contributed by atoms with Crippen LogP contribution in [0.3, 0.4) is 0 Å². The van der Waals surface area contributed by atoms with Crippen LogP contribution in [-0.4, -0.2) is 25.8 Å². The number of hydrogen-bond acceptors (Lipinski definition) is 6. The first-order valence-electron chi connectivity index (χ1n) is 7.32. The van der Waals surface area contributed by atoms with Gasteiger partial charge in [0.25, 0.3) is 0 Å². The molecule has 2 aromatic rings. The second-order valence-electron chi connectivity index (χ2n) is 5.38. The first kappa shape index (κ1) is 13.9. The van der Waals surface area contributed by atoms with E-state index in [0.717, 1.165) is 24.0 Å². The van der Waals surface area contributed by atoms with Crippen molar-refractivity contribution in [3.05, 3.63) is 35.4 Å². The van der Waals surface area contributed by atoms with Crippen molar-refractivity contribution < 1.29 is 28.8 Å². The summed E-state index contributed by atoms with van der Waals surface area (Å²) in [6, 6.07) is 7.50. The maximum Gasteiger partial charge on any atom is 0.231 e. The van der Waals surface area contributed by atoms with Gasteiger partial charge in [0.15, 0.2) is 23.0 Å². The standard InChI is InChI=1S/C17H16O6/c1-19-13-5-11(7-15-17(13)23-9-21-15)3-2-10-4-12(18)16-14(6-10)20-8-22-16/h4-7,18H,2-3,8-9H2,1H3. The van der Waals surface area contributed by atoms with Crippen LogP contribution in [-0.2, 0) is 12.8 Å². The number of ether oxygens (including phenoxy) is 5. The lowest BCUT2D eigenvalue weighted by Gasteiger charge is -2.09. The van der Waals surface area contributed by atoms with Crippen LogP contribution < -0.4 is 23.7 Å². The molecule has 2 heterocycles. The van der Waals surface area contributed by atoms with Gasteiger partial charge in [-0.25, -0.2) is 0 Å². The van der Waals surface area contributed by atoms with Crippen molar-refractivity contribution in [2.75, 3.05) is 20.7 Å². The van der Waals surface area contributed by atoms with Crippen LogP contribution in [0.4, 0.5) is 0 Å². The first-order chi connectivity index (χ1) is 11.2. The predicted molar refractivity (Wildman–Crippen MR) is 80.8 cm³/mol. The van der Waals surface area contributed by atoms with Crippen molar-refractivity contribution in [2.45, 2.75) is 12.8 Å². The summed E-state index contributed by atoms with van der Waals surface area (Å²) in [6.45, 7) is 0.358. The third-order valence-corrected chi connectivity index (χ3v) is 3.93. The Balaban J connectivity index is 1.55. The van der Waals surface area contributed by atoms with Crippen molar-refractivity contribution in [3.63, 3.8) is 0 Å². The third kappa shape index (κ3) is 2.46. The highest BCUT2D eigenvalue weighted by Crippen LogP contribution is 2.43. The molecule has 2 aromatic carbocycles. The number of hydrogen-bond donors (Lipinski definition) is 1. The second kappa shape index (κ2) is 5.46. The average Bonchev–Trinajstić information content (AvgIpc) is 3.20. The first-order valence-corrected chi connectivity index (χ1v) is 7.32. The molecular weight excluding hydrogens is 300 g/mol. The molecule has 0 spiro atoms. The summed E-state index contributed by atoms with van der Waals surface area (Å²) < 4.78 is 26.7. The molecule has 0 amide bonds. The minimum Gasteiger partial charge on any atom is -0.504 e. The van der Waals surface area contributed by atoms with Gasteiger partial charge in [-0.15, -0.1) is 0 Å². The minimum absolute atomic E-state index is 0.110. The van der Waals surface area contributed by atoms with Crippen molar-refractivity contribution in [3.8, 4) is 34.5 Å². The molecule has 4 rings (SSSR count). The van der Waals surface area contributed by atoms with Crippen LogP contribution in [0.15, 0.2) is 24.3 Å². The third-order valence-electron chi connectivity index (χ3n) is 3.93. The Kier molecular flexibility index (Phi) is 3.29. The van der Waals surface area contributed by atoms with E-state index in [4.69, 9.17) is 23.7 Å². The zero-order valence-electron chi connectivity index (χ0n) is 12.6. The van der Waals surface area contributed by atoms with Gasteiger partial charge in [-0.05, 0) is 48.2 Å². The number of fused-ring (bicyclic) bond motifs is 2. The molecule has 2 aliphatic heterocycles. The Bertz CT molecular complexity index is 755. The van der Waals surface area contributed by atoms with E-state index in [1.165, 1.54) is 0 Å². The van der Waals surface area contributed by atoms with Crippen LogP contribution in [0.2, 0.25) is 0 Å². The number of phenols is 1. The van der Waals surface area contributed by atoms with E-state index in [1.54, 1.807) is 13.2 Å². The monoisotopic (exact) mass is 316 g/mol. The zero-order valence-corrected chi connectivity index (χ0v) is 12.6. The topological polar surface area (TPSA) is 66.4 Å². The van der Waals surface area contributed by atoms with Crippen LogP contribution >= 0.6 is 0 Å². The van der Waals surface area contributed by atoms with Gasteiger partial charge in [-0.3, -0.25) is 0 Å². The zero-order chi connectivity index (χ0) is 15.8. The van der Waals surface area contributed by atoms with E-state index < -0.39 is 0 Å². The molecule has 6 nitrogen and oxygen atoms in total. The quantitative estimate of drug-likeness (QED) is 0.935. The summed E-state index contributed by atoms with van der Waals surface area (Å²) in [5.74, 6) is 3.13. The number of rotatable bonds is 4. The maximum absolute atomic E-state index is 9.96. The molecule has 6 heteroatoms. The van der Waals surface area contributed by atoms with Gasteiger partial charge in [0.1, 0.15) is 0 Å². The molecule has 2 aliphatic rings. The molecule has 0 saturated carbocycles. The summed E-state index contributed by atoms with van der Waals surface area (Å²) in [5, 5.41) is 9.96. The summed E-state index contributed by atoms with van der Waals surface area (Å²) in [6.07, 6.45) is 1.51. The number of phenolic OH excluding ortho intramolecular Hbond substituents is 1. The number of aryl methyl sites for hydroxylation is 2. The van der Waals surface area contributed by atoms with Crippen molar-refractivity contribution in [1.82, 2.24) is 0 Å². The molecule has 0 fully saturated rings. The highest BCUT2D eigenvalue weighted by Gasteiger charge is 2.21. The fourth-order valence-electron chi connectivity index (χ4n) is 2.81. The fraction of sp³-hybridized carbons (Fsp3) is 0.294. The van der Waals surface area contributed by atoms with Crippen molar-refractivity contribution in [1.29, 1.82) is 0 Å². The van der Waals surface area contributed by atoms with Gasteiger partial charge >= 0.3 is 0 Å². The predicted octanol–water partition coefficient (Wildman–Crippen LogP) is 2.64. The molecule has 0 aliphatic carbocycles. The van der Waals surface area contributed by atoms with Gasteiger partial charge in [-0.2, -0.15) is 0 Å². The molecule has 0 bridgehead atoms. The molecule has 0 atom stereocenters. The molecule has 0 aromatic heterocycles. The highest BCUT2D eigenvalue weighted by atomic mass is 16.7. The average molecular weight is 316 g/mol. The van der Waals surface area contributed by atoms with Gasteiger partial charge in [-0.1, -0.05) is 0 Å². The van der Waals surface area contributed by atoms with E-state index in [1.807, 2.05) is 18.2 Å². The van der Waals surface area contributed by atoms with Gasteiger partial charge in [0.2, 0.25) is 25.1 Å². The molecule has 1 N–H and O–H groups in total. The van der Waals surface area contributed by atoms with Crippen molar-refractivity contribution >= 4 is 0 Å². The Hall–Kier alpha value is -2.76. The summed E-state index contributed by atoms with van der Waals surface area (Å²) in [7, 11) is 1.61. The van der Waals surface area contributed by atoms with Crippen LogP contribution in [0.1, 0.15) is 11.1 Å².